The van der Waals surface area contributed by atoms with Crippen molar-refractivity contribution >= 4 is 21.8 Å². The Labute approximate surface area is 170 Å². The Morgan fingerprint density at radius 2 is 1.79 bits per heavy atom. The monoisotopic (exact) mass is 413 g/mol. The summed E-state index contributed by atoms with van der Waals surface area (Å²) in [6.45, 7) is 3.04. The number of carbonyl (C=O) groups is 2. The predicted molar refractivity (Wildman–Crippen MR) is 108 cm³/mol. The molecule has 2 amide bonds. The maximum atomic E-state index is 12.7. The summed E-state index contributed by atoms with van der Waals surface area (Å²) < 4.78 is 28.1. The molecule has 0 bridgehead atoms. The van der Waals surface area contributed by atoms with E-state index in [4.69, 9.17) is 0 Å². The second-order valence-electron chi connectivity index (χ2n) is 7.57. The third kappa shape index (κ3) is 4.39. The lowest BCUT2D eigenvalue weighted by Crippen LogP contribution is -2.40. The van der Waals surface area contributed by atoms with Gasteiger partial charge in [0, 0.05) is 19.6 Å². The van der Waals surface area contributed by atoms with E-state index in [0.29, 0.717) is 6.54 Å². The lowest BCUT2D eigenvalue weighted by atomic mass is 9.98. The van der Waals surface area contributed by atoms with E-state index in [1.54, 1.807) is 0 Å². The number of fused-ring (bicyclic) bond motifs is 1. The first kappa shape index (κ1) is 19.8. The molecule has 0 spiro atoms. The highest BCUT2D eigenvalue weighted by Gasteiger charge is 2.29. The van der Waals surface area contributed by atoms with Crippen molar-refractivity contribution in [1.82, 2.24) is 14.9 Å². The molecular weight excluding hydrogens is 390 g/mol. The molecule has 2 N–H and O–H groups in total. The van der Waals surface area contributed by atoms with Gasteiger partial charge in [-0.1, -0.05) is 30.3 Å². The summed E-state index contributed by atoms with van der Waals surface area (Å²) in [5.74, 6) is -0.838. The molecule has 2 aromatic carbocycles. The van der Waals surface area contributed by atoms with Gasteiger partial charge in [-0.2, -0.15) is 0 Å². The Bertz CT molecular complexity index is 1040. The van der Waals surface area contributed by atoms with Crippen LogP contribution in [0.4, 0.5) is 0 Å². The number of benzene rings is 2. The normalized spacial score (nSPS) is 19.8. The fourth-order valence-electron chi connectivity index (χ4n) is 3.93. The molecule has 2 aliphatic heterocycles. The summed E-state index contributed by atoms with van der Waals surface area (Å²) in [5, 5.41) is 2.17. The highest BCUT2D eigenvalue weighted by molar-refractivity contribution is 7.89. The second kappa shape index (κ2) is 8.06. The highest BCUT2D eigenvalue weighted by atomic mass is 32.2. The van der Waals surface area contributed by atoms with Gasteiger partial charge < -0.3 is 0 Å². The van der Waals surface area contributed by atoms with Gasteiger partial charge in [0.2, 0.25) is 10.0 Å². The molecule has 0 saturated carbocycles. The molecule has 2 heterocycles. The van der Waals surface area contributed by atoms with Gasteiger partial charge in [0.05, 0.1) is 16.0 Å². The van der Waals surface area contributed by atoms with Crippen LogP contribution in [-0.4, -0.2) is 44.8 Å². The first-order chi connectivity index (χ1) is 13.9. The van der Waals surface area contributed by atoms with Crippen molar-refractivity contribution in [2.45, 2.75) is 24.3 Å². The molecule has 0 aliphatic carbocycles. The molecule has 1 fully saturated rings. The molecule has 4 rings (SSSR count). The van der Waals surface area contributed by atoms with E-state index in [1.807, 2.05) is 18.2 Å². The van der Waals surface area contributed by atoms with Crippen molar-refractivity contribution in [3.63, 3.8) is 0 Å². The van der Waals surface area contributed by atoms with Crippen LogP contribution in [0, 0.1) is 5.92 Å². The minimum Gasteiger partial charge on any atom is -0.299 e. The van der Waals surface area contributed by atoms with E-state index in [-0.39, 0.29) is 21.9 Å². The Morgan fingerprint density at radius 1 is 1.03 bits per heavy atom. The molecule has 29 heavy (non-hydrogen) atoms. The van der Waals surface area contributed by atoms with E-state index in [0.717, 1.165) is 32.5 Å². The fourth-order valence-corrected chi connectivity index (χ4v) is 5.07. The van der Waals surface area contributed by atoms with Crippen LogP contribution in [-0.2, 0) is 16.6 Å². The van der Waals surface area contributed by atoms with Crippen LogP contribution in [0.3, 0.4) is 0 Å². The summed E-state index contributed by atoms with van der Waals surface area (Å²) in [4.78, 5) is 25.8. The van der Waals surface area contributed by atoms with Gasteiger partial charge in [-0.05, 0) is 49.1 Å². The lowest BCUT2D eigenvalue weighted by Gasteiger charge is -2.32. The third-order valence-corrected chi connectivity index (χ3v) is 6.85. The Hall–Kier alpha value is -2.55. The molecule has 0 radical (unpaired) electrons. The first-order valence-electron chi connectivity index (χ1n) is 9.68. The Morgan fingerprint density at radius 3 is 2.59 bits per heavy atom. The number of sulfonamides is 1. The molecule has 1 atom stereocenters. The number of nitrogens with one attached hydrogen (secondary N) is 2. The molecule has 2 aliphatic rings. The van der Waals surface area contributed by atoms with Crippen molar-refractivity contribution in [3.05, 3.63) is 65.2 Å². The standard InChI is InChI=1S/C21H23N3O4S/c25-20-18-9-8-17(11-19(18)21(26)23-20)29(27,28)22-12-16-7-4-10-24(14-16)13-15-5-2-1-3-6-15/h1-3,5-6,8-9,11,16,22H,4,7,10,12-14H2,(H,23,25,26). The topological polar surface area (TPSA) is 95.6 Å². The molecule has 2 aromatic rings. The molecule has 0 aromatic heterocycles. The molecule has 1 unspecified atom stereocenters. The number of imide groups is 1. The maximum Gasteiger partial charge on any atom is 0.258 e. The van der Waals surface area contributed by atoms with Gasteiger partial charge in [0.25, 0.3) is 11.8 Å². The zero-order chi connectivity index (χ0) is 20.4. The molecular formula is C21H23N3O4S. The summed E-state index contributed by atoms with van der Waals surface area (Å²) in [7, 11) is -3.76. The number of amides is 2. The van der Waals surface area contributed by atoms with Crippen LogP contribution in [0.5, 0.6) is 0 Å². The molecule has 1 saturated heterocycles. The van der Waals surface area contributed by atoms with Gasteiger partial charge >= 0.3 is 0 Å². The summed E-state index contributed by atoms with van der Waals surface area (Å²) in [6.07, 6.45) is 2.00. The number of likely N-dealkylation sites (tertiary alicyclic amines) is 1. The molecule has 7 nitrogen and oxygen atoms in total. The van der Waals surface area contributed by atoms with E-state index in [2.05, 4.69) is 27.1 Å². The molecule has 152 valence electrons. The minimum absolute atomic E-state index is 0.00180. The SMILES string of the molecule is O=C1NC(=O)c2cc(S(=O)(=O)NCC3CCCN(Cc4ccccc4)C3)ccc21. The van der Waals surface area contributed by atoms with E-state index in [1.165, 1.54) is 23.8 Å². The first-order valence-corrected chi connectivity index (χ1v) is 11.2. The van der Waals surface area contributed by atoms with Crippen LogP contribution < -0.4 is 10.0 Å². The number of hydrogen-bond acceptors (Lipinski definition) is 5. The summed E-state index contributed by atoms with van der Waals surface area (Å²) in [6, 6.07) is 14.2. The average Bonchev–Trinajstić information content (AvgIpc) is 3.01. The minimum atomic E-state index is -3.76. The van der Waals surface area contributed by atoms with Crippen molar-refractivity contribution < 1.29 is 18.0 Å². The van der Waals surface area contributed by atoms with E-state index in [9.17, 15) is 18.0 Å². The van der Waals surface area contributed by atoms with Crippen LogP contribution in [0.15, 0.2) is 53.4 Å². The predicted octanol–water partition coefficient (Wildman–Crippen LogP) is 1.76. The quantitative estimate of drug-likeness (QED) is 0.704. The van der Waals surface area contributed by atoms with Gasteiger partial charge in [0.15, 0.2) is 0 Å². The zero-order valence-corrected chi connectivity index (χ0v) is 16.7. The van der Waals surface area contributed by atoms with Crippen molar-refractivity contribution in [3.8, 4) is 0 Å². The van der Waals surface area contributed by atoms with Crippen LogP contribution in [0.25, 0.3) is 0 Å². The number of rotatable bonds is 6. The second-order valence-corrected chi connectivity index (χ2v) is 9.34. The smallest absolute Gasteiger partial charge is 0.258 e. The van der Waals surface area contributed by atoms with Crippen molar-refractivity contribution in [2.24, 2.45) is 5.92 Å². The number of piperidine rings is 1. The van der Waals surface area contributed by atoms with Gasteiger partial charge in [0.1, 0.15) is 0 Å². The van der Waals surface area contributed by atoms with Crippen molar-refractivity contribution in [1.29, 1.82) is 0 Å². The van der Waals surface area contributed by atoms with Crippen molar-refractivity contribution in [2.75, 3.05) is 19.6 Å². The van der Waals surface area contributed by atoms with Gasteiger partial charge in [-0.3, -0.25) is 19.8 Å². The fraction of sp³-hybridized carbons (Fsp3) is 0.333. The Balaban J connectivity index is 1.38. The lowest BCUT2D eigenvalue weighted by molar-refractivity contribution is 0.0879. The van der Waals surface area contributed by atoms with Gasteiger partial charge in [-0.25, -0.2) is 13.1 Å². The van der Waals surface area contributed by atoms with Crippen LogP contribution >= 0.6 is 0 Å². The van der Waals surface area contributed by atoms with E-state index >= 15 is 0 Å². The Kier molecular flexibility index (Phi) is 5.49. The zero-order valence-electron chi connectivity index (χ0n) is 15.9. The maximum absolute atomic E-state index is 12.7. The number of nitrogens with zero attached hydrogens (tertiary/aromatic N) is 1. The molecule has 8 heteroatoms. The highest BCUT2D eigenvalue weighted by Crippen LogP contribution is 2.22. The largest absolute Gasteiger partial charge is 0.299 e. The summed E-state index contributed by atoms with van der Waals surface area (Å²) >= 11 is 0. The van der Waals surface area contributed by atoms with Crippen LogP contribution in [0.1, 0.15) is 39.1 Å². The average molecular weight is 413 g/mol. The number of carbonyl (C=O) groups excluding carboxylic acids is 2. The van der Waals surface area contributed by atoms with Crippen LogP contribution in [0.2, 0.25) is 0 Å². The third-order valence-electron chi connectivity index (χ3n) is 5.43. The van der Waals surface area contributed by atoms with Gasteiger partial charge in [-0.15, -0.1) is 0 Å². The van der Waals surface area contributed by atoms with E-state index < -0.39 is 21.8 Å². The number of hydrogen-bond donors (Lipinski definition) is 2. The summed E-state index contributed by atoms with van der Waals surface area (Å²) in [5.41, 5.74) is 1.56.